The Kier molecular flexibility index (Phi) is 7.90. The first-order valence-electron chi connectivity index (χ1n) is 6.72. The van der Waals surface area contributed by atoms with Gasteiger partial charge in [-0.05, 0) is 21.0 Å². The normalized spacial score (nSPS) is 13.4. The molecule has 0 saturated heterocycles. The van der Waals surface area contributed by atoms with Crippen molar-refractivity contribution < 1.29 is 14.4 Å². The molecule has 5 nitrogen and oxygen atoms in total. The lowest BCUT2D eigenvalue weighted by Gasteiger charge is -2.32. The molecule has 0 spiro atoms. The lowest BCUT2D eigenvalue weighted by Crippen LogP contribution is -2.48. The van der Waals surface area contributed by atoms with Crippen molar-refractivity contribution in [2.75, 3.05) is 54.4 Å². The van der Waals surface area contributed by atoms with Gasteiger partial charge in [0.2, 0.25) is 5.91 Å². The number of hydrogen-bond donors (Lipinski definition) is 2. The highest BCUT2D eigenvalue weighted by molar-refractivity contribution is 5.91. The molecule has 0 aliphatic carbocycles. The molecule has 19 heavy (non-hydrogen) atoms. The summed E-state index contributed by atoms with van der Waals surface area (Å²) in [6, 6.07) is 0. The van der Waals surface area contributed by atoms with Crippen LogP contribution in [0.5, 0.6) is 0 Å². The summed E-state index contributed by atoms with van der Waals surface area (Å²) < 4.78 is 0.748. The maximum Gasteiger partial charge on any atom is 0.246 e. The topological polar surface area (TPSA) is 52.6 Å². The Morgan fingerprint density at radius 3 is 2.47 bits per heavy atom. The van der Waals surface area contributed by atoms with Crippen LogP contribution in [0, 0.1) is 0 Å². The fraction of sp³-hybridized carbons (Fsp3) is 0.786. The summed E-state index contributed by atoms with van der Waals surface area (Å²) in [7, 11) is 8.10. The second-order valence-electron chi connectivity index (χ2n) is 6.15. The Balaban J connectivity index is 3.90. The van der Waals surface area contributed by atoms with E-state index in [4.69, 9.17) is 0 Å². The zero-order chi connectivity index (χ0) is 15.1. The minimum atomic E-state index is -0.324. The van der Waals surface area contributed by atoms with Gasteiger partial charge in [-0.15, -0.1) is 0 Å². The number of aliphatic hydroxyl groups excluding tert-OH is 1. The number of carbonyl (C=O) groups is 1. The summed E-state index contributed by atoms with van der Waals surface area (Å²) in [4.78, 5) is 13.3. The van der Waals surface area contributed by atoms with Crippen molar-refractivity contribution >= 4 is 5.91 Å². The minimum Gasteiger partial charge on any atom is -0.386 e. The Labute approximate surface area is 117 Å². The molecule has 0 aromatic heterocycles. The zero-order valence-corrected chi connectivity index (χ0v) is 13.1. The van der Waals surface area contributed by atoms with Crippen molar-refractivity contribution in [3.05, 3.63) is 12.2 Å². The highest BCUT2D eigenvalue weighted by Gasteiger charge is 2.20. The van der Waals surface area contributed by atoms with E-state index in [2.05, 4.69) is 26.0 Å². The first-order valence-corrected chi connectivity index (χ1v) is 6.72. The molecule has 1 unspecified atom stereocenters. The summed E-state index contributed by atoms with van der Waals surface area (Å²) in [6.45, 7) is 8.25. The van der Waals surface area contributed by atoms with Gasteiger partial charge < -0.3 is 19.8 Å². The first-order chi connectivity index (χ1) is 8.64. The van der Waals surface area contributed by atoms with Crippen molar-refractivity contribution in [1.29, 1.82) is 0 Å². The molecule has 0 heterocycles. The SMILES string of the molecule is C=C(C)C(=O)NCCC[N+](C)(C)CC(O)CN(C)C. The third-order valence-corrected chi connectivity index (χ3v) is 2.89. The summed E-state index contributed by atoms with van der Waals surface area (Å²) in [5, 5.41) is 12.8. The number of aliphatic hydroxyl groups is 1. The molecule has 0 aromatic carbocycles. The standard InChI is InChI=1S/C14H29N3O2/c1-12(2)14(19)15-8-7-9-17(5,6)11-13(18)10-16(3)4/h13,18H,1,7-11H2,2-6H3/p+1. The first kappa shape index (κ1) is 18.1. The van der Waals surface area contributed by atoms with Crippen LogP contribution in [0.1, 0.15) is 13.3 Å². The van der Waals surface area contributed by atoms with Gasteiger partial charge in [-0.25, -0.2) is 0 Å². The van der Waals surface area contributed by atoms with E-state index in [9.17, 15) is 9.90 Å². The fourth-order valence-corrected chi connectivity index (χ4v) is 2.00. The Morgan fingerprint density at radius 1 is 1.42 bits per heavy atom. The van der Waals surface area contributed by atoms with Gasteiger partial charge in [0.1, 0.15) is 12.6 Å². The van der Waals surface area contributed by atoms with Crippen molar-refractivity contribution in [3.8, 4) is 0 Å². The van der Waals surface area contributed by atoms with Crippen molar-refractivity contribution in [2.45, 2.75) is 19.4 Å². The summed E-state index contributed by atoms with van der Waals surface area (Å²) in [6.07, 6.45) is 0.566. The molecule has 1 amide bonds. The van der Waals surface area contributed by atoms with Gasteiger partial charge >= 0.3 is 0 Å². The Bertz CT molecular complexity index is 301. The van der Waals surface area contributed by atoms with Gasteiger partial charge in [0.25, 0.3) is 0 Å². The van der Waals surface area contributed by atoms with Crippen LogP contribution in [0.4, 0.5) is 0 Å². The third-order valence-electron chi connectivity index (χ3n) is 2.89. The van der Waals surface area contributed by atoms with Crippen LogP contribution in [0.15, 0.2) is 12.2 Å². The number of nitrogens with zero attached hydrogens (tertiary/aromatic N) is 2. The molecule has 0 aliphatic heterocycles. The zero-order valence-electron chi connectivity index (χ0n) is 13.1. The molecule has 112 valence electrons. The molecular formula is C14H30N3O2+. The molecule has 0 aliphatic rings. The molecular weight excluding hydrogens is 242 g/mol. The Morgan fingerprint density at radius 2 is 2.00 bits per heavy atom. The molecule has 2 N–H and O–H groups in total. The number of carbonyl (C=O) groups excluding carboxylic acids is 1. The van der Waals surface area contributed by atoms with E-state index in [0.717, 1.165) is 17.4 Å². The summed E-state index contributed by atoms with van der Waals surface area (Å²) >= 11 is 0. The number of amides is 1. The van der Waals surface area contributed by atoms with E-state index in [0.29, 0.717) is 25.2 Å². The second kappa shape index (κ2) is 8.30. The number of quaternary nitrogens is 1. The number of rotatable bonds is 9. The molecule has 0 fully saturated rings. The predicted octanol–water partition coefficient (Wildman–Crippen LogP) is 0.0677. The molecule has 0 radical (unpaired) electrons. The van der Waals surface area contributed by atoms with Crippen LogP contribution in [0.2, 0.25) is 0 Å². The van der Waals surface area contributed by atoms with Gasteiger partial charge in [-0.2, -0.15) is 0 Å². The van der Waals surface area contributed by atoms with Crippen molar-refractivity contribution in [3.63, 3.8) is 0 Å². The van der Waals surface area contributed by atoms with Gasteiger partial charge in [0.15, 0.2) is 0 Å². The monoisotopic (exact) mass is 272 g/mol. The van der Waals surface area contributed by atoms with Gasteiger partial charge in [-0.1, -0.05) is 6.58 Å². The van der Waals surface area contributed by atoms with E-state index >= 15 is 0 Å². The average molecular weight is 272 g/mol. The number of nitrogens with one attached hydrogen (secondary N) is 1. The third kappa shape index (κ3) is 9.64. The van der Waals surface area contributed by atoms with Crippen molar-refractivity contribution in [1.82, 2.24) is 10.2 Å². The largest absolute Gasteiger partial charge is 0.386 e. The molecule has 1 atom stereocenters. The number of likely N-dealkylation sites (N-methyl/N-ethyl adjacent to an activating group) is 2. The molecule has 0 bridgehead atoms. The minimum absolute atomic E-state index is 0.0852. The quantitative estimate of drug-likeness (QED) is 0.355. The maximum atomic E-state index is 11.3. The van der Waals surface area contributed by atoms with E-state index in [-0.39, 0.29) is 12.0 Å². The van der Waals surface area contributed by atoms with Gasteiger partial charge in [0, 0.05) is 25.1 Å². The predicted molar refractivity (Wildman–Crippen MR) is 78.8 cm³/mol. The van der Waals surface area contributed by atoms with E-state index in [1.54, 1.807) is 6.92 Å². The fourth-order valence-electron chi connectivity index (χ4n) is 2.00. The Hall–Kier alpha value is -0.910. The van der Waals surface area contributed by atoms with Crippen LogP contribution in [0.25, 0.3) is 0 Å². The van der Waals surface area contributed by atoms with E-state index < -0.39 is 0 Å². The lowest BCUT2D eigenvalue weighted by molar-refractivity contribution is -0.893. The summed E-state index contributed by atoms with van der Waals surface area (Å²) in [5.41, 5.74) is 0.537. The van der Waals surface area contributed by atoms with Crippen LogP contribution in [-0.2, 0) is 4.79 Å². The maximum absolute atomic E-state index is 11.3. The van der Waals surface area contributed by atoms with E-state index in [1.807, 2.05) is 19.0 Å². The highest BCUT2D eigenvalue weighted by atomic mass is 16.3. The van der Waals surface area contributed by atoms with Crippen LogP contribution in [0.3, 0.4) is 0 Å². The van der Waals surface area contributed by atoms with Crippen molar-refractivity contribution in [2.24, 2.45) is 0 Å². The van der Waals surface area contributed by atoms with E-state index in [1.165, 1.54) is 0 Å². The smallest absolute Gasteiger partial charge is 0.246 e. The second-order valence-corrected chi connectivity index (χ2v) is 6.15. The lowest BCUT2D eigenvalue weighted by atomic mass is 10.2. The van der Waals surface area contributed by atoms with Gasteiger partial charge in [-0.3, -0.25) is 4.79 Å². The molecule has 0 rings (SSSR count). The summed E-state index contributed by atoms with van der Waals surface area (Å²) in [5.74, 6) is -0.0852. The van der Waals surface area contributed by atoms with Crippen LogP contribution >= 0.6 is 0 Å². The van der Waals surface area contributed by atoms with Crippen LogP contribution in [-0.4, -0.2) is 80.9 Å². The molecule has 5 heteroatoms. The molecule has 0 aromatic rings. The average Bonchev–Trinajstić information content (AvgIpc) is 2.21. The van der Waals surface area contributed by atoms with Gasteiger partial charge in [0.05, 0.1) is 20.6 Å². The molecule has 0 saturated carbocycles. The highest BCUT2D eigenvalue weighted by Crippen LogP contribution is 2.02. The van der Waals surface area contributed by atoms with Crippen LogP contribution < -0.4 is 5.32 Å². The number of hydrogen-bond acceptors (Lipinski definition) is 3.